The van der Waals surface area contributed by atoms with E-state index >= 15 is 0 Å². The molecule has 1 N–H and O–H groups in total. The van der Waals surface area contributed by atoms with Gasteiger partial charge in [0.1, 0.15) is 5.52 Å². The molecule has 1 aromatic heterocycles. The molecule has 4 rings (SSSR count). The van der Waals surface area contributed by atoms with Crippen LogP contribution in [0.15, 0.2) is 52.9 Å². The summed E-state index contributed by atoms with van der Waals surface area (Å²) in [7, 11) is 1.29. The SMILES string of the molecule is COc1ccc(C(=O)Nc2ccc3oc(-c4cc(F)c(F)cc4Cl)nc3c2)cc1[N+](=O)[O-]. The van der Waals surface area contributed by atoms with Crippen molar-refractivity contribution >= 4 is 40.0 Å². The highest BCUT2D eigenvalue weighted by Gasteiger charge is 2.19. The van der Waals surface area contributed by atoms with E-state index in [-0.39, 0.29) is 33.5 Å². The summed E-state index contributed by atoms with van der Waals surface area (Å²) in [4.78, 5) is 27.3. The second-order valence-corrected chi connectivity index (χ2v) is 6.95. The monoisotopic (exact) mass is 459 g/mol. The number of oxazole rings is 1. The molecule has 162 valence electrons. The molecule has 0 saturated heterocycles. The predicted octanol–water partition coefficient (Wildman–Crippen LogP) is 5.60. The van der Waals surface area contributed by atoms with Crippen LogP contribution < -0.4 is 10.1 Å². The minimum Gasteiger partial charge on any atom is -0.490 e. The Kier molecular flexibility index (Phi) is 5.45. The highest BCUT2D eigenvalue weighted by molar-refractivity contribution is 6.33. The average molecular weight is 460 g/mol. The second kappa shape index (κ2) is 8.23. The lowest BCUT2D eigenvalue weighted by Crippen LogP contribution is -2.12. The van der Waals surface area contributed by atoms with Crippen molar-refractivity contribution in [3.8, 4) is 17.2 Å². The molecule has 4 aromatic rings. The maximum atomic E-state index is 13.6. The van der Waals surface area contributed by atoms with E-state index in [1.165, 1.54) is 37.4 Å². The number of ether oxygens (including phenoxy) is 1. The highest BCUT2D eigenvalue weighted by Crippen LogP contribution is 2.33. The average Bonchev–Trinajstić information content (AvgIpc) is 3.18. The molecule has 0 bridgehead atoms. The largest absolute Gasteiger partial charge is 0.490 e. The number of fused-ring (bicyclic) bond motifs is 1. The number of nitrogens with zero attached hydrogens (tertiary/aromatic N) is 2. The Bertz CT molecular complexity index is 1390. The molecule has 1 amide bonds. The predicted molar refractivity (Wildman–Crippen MR) is 112 cm³/mol. The maximum Gasteiger partial charge on any atom is 0.311 e. The molecule has 0 aliphatic heterocycles. The fraction of sp³-hybridized carbons (Fsp3) is 0.0476. The Hall–Kier alpha value is -4.05. The third-order valence-corrected chi connectivity index (χ3v) is 4.84. The van der Waals surface area contributed by atoms with Gasteiger partial charge in [-0.1, -0.05) is 11.6 Å². The van der Waals surface area contributed by atoms with Gasteiger partial charge in [-0.15, -0.1) is 0 Å². The van der Waals surface area contributed by atoms with Crippen LogP contribution in [0, 0.1) is 21.7 Å². The molecule has 0 atom stereocenters. The van der Waals surface area contributed by atoms with E-state index in [0.717, 1.165) is 18.2 Å². The van der Waals surface area contributed by atoms with E-state index in [2.05, 4.69) is 10.3 Å². The Balaban J connectivity index is 1.63. The number of benzene rings is 3. The topological polar surface area (TPSA) is 108 Å². The van der Waals surface area contributed by atoms with Crippen molar-refractivity contribution in [1.82, 2.24) is 4.98 Å². The third-order valence-electron chi connectivity index (χ3n) is 4.52. The third kappa shape index (κ3) is 3.95. The summed E-state index contributed by atoms with van der Waals surface area (Å²) in [6, 6.07) is 10.1. The van der Waals surface area contributed by atoms with E-state index in [4.69, 9.17) is 20.8 Å². The van der Waals surface area contributed by atoms with Gasteiger partial charge in [0.25, 0.3) is 5.91 Å². The Morgan fingerprint density at radius 1 is 1.16 bits per heavy atom. The summed E-state index contributed by atoms with van der Waals surface area (Å²) in [5, 5.41) is 13.7. The number of nitro benzene ring substituents is 1. The molecular weight excluding hydrogens is 448 g/mol. The maximum absolute atomic E-state index is 13.6. The molecular formula is C21H12ClF2N3O5. The van der Waals surface area contributed by atoms with Crippen LogP contribution in [0.4, 0.5) is 20.2 Å². The number of nitro groups is 1. The number of hydrogen-bond donors (Lipinski definition) is 1. The van der Waals surface area contributed by atoms with Crippen molar-refractivity contribution in [2.75, 3.05) is 12.4 Å². The number of rotatable bonds is 5. The normalized spacial score (nSPS) is 10.9. The summed E-state index contributed by atoms with van der Waals surface area (Å²) >= 11 is 5.97. The molecule has 8 nitrogen and oxygen atoms in total. The van der Waals surface area contributed by atoms with Crippen LogP contribution in [-0.4, -0.2) is 22.9 Å². The minimum absolute atomic E-state index is 0.0268. The number of nitrogens with one attached hydrogen (secondary N) is 1. The molecule has 1 heterocycles. The van der Waals surface area contributed by atoms with Crippen LogP contribution in [0.25, 0.3) is 22.6 Å². The van der Waals surface area contributed by atoms with E-state index < -0.39 is 22.5 Å². The number of anilines is 1. The smallest absolute Gasteiger partial charge is 0.311 e. The standard InChI is InChI=1S/C21H12ClF2N3O5/c1-31-19-4-2-10(6-17(19)27(29)30)20(28)25-11-3-5-18-16(7-11)26-21(32-18)12-8-14(23)15(24)9-13(12)22/h2-9H,1H3,(H,25,28). The van der Waals surface area contributed by atoms with Crippen molar-refractivity contribution in [2.45, 2.75) is 0 Å². The fourth-order valence-electron chi connectivity index (χ4n) is 2.98. The van der Waals surface area contributed by atoms with Crippen molar-refractivity contribution in [1.29, 1.82) is 0 Å². The van der Waals surface area contributed by atoms with Gasteiger partial charge in [-0.3, -0.25) is 14.9 Å². The molecule has 11 heteroatoms. The van der Waals surface area contributed by atoms with Crippen LogP contribution in [0.2, 0.25) is 5.02 Å². The summed E-state index contributed by atoms with van der Waals surface area (Å²) in [6.45, 7) is 0. The first kappa shape index (κ1) is 21.2. The zero-order chi connectivity index (χ0) is 23.0. The number of carbonyl (C=O) groups is 1. The summed E-state index contributed by atoms with van der Waals surface area (Å²) in [6.07, 6.45) is 0. The van der Waals surface area contributed by atoms with Crippen molar-refractivity contribution in [3.63, 3.8) is 0 Å². The molecule has 0 unspecified atom stereocenters. The van der Waals surface area contributed by atoms with Gasteiger partial charge in [-0.25, -0.2) is 13.8 Å². The van der Waals surface area contributed by atoms with E-state index in [0.29, 0.717) is 16.8 Å². The lowest BCUT2D eigenvalue weighted by atomic mass is 10.1. The first-order valence-electron chi connectivity index (χ1n) is 8.96. The van der Waals surface area contributed by atoms with Crippen molar-refractivity contribution in [2.24, 2.45) is 0 Å². The number of hydrogen-bond acceptors (Lipinski definition) is 6. The first-order chi connectivity index (χ1) is 15.3. The number of amides is 1. The molecule has 0 aliphatic rings. The second-order valence-electron chi connectivity index (χ2n) is 6.55. The lowest BCUT2D eigenvalue weighted by Gasteiger charge is -2.06. The Labute approximate surface area is 183 Å². The van der Waals surface area contributed by atoms with Gasteiger partial charge in [0, 0.05) is 17.3 Å². The summed E-state index contributed by atoms with van der Waals surface area (Å²) in [5.74, 6) is -2.80. The first-order valence-corrected chi connectivity index (χ1v) is 9.34. The molecule has 3 aromatic carbocycles. The van der Waals surface area contributed by atoms with Crippen LogP contribution >= 0.6 is 11.6 Å². The number of halogens is 3. The van der Waals surface area contributed by atoms with Gasteiger partial charge in [0.15, 0.2) is 23.0 Å². The van der Waals surface area contributed by atoms with Crippen LogP contribution in [0.3, 0.4) is 0 Å². The van der Waals surface area contributed by atoms with Gasteiger partial charge in [-0.2, -0.15) is 0 Å². The summed E-state index contributed by atoms with van der Waals surface area (Å²) < 4.78 is 37.4. The van der Waals surface area contributed by atoms with Crippen LogP contribution in [-0.2, 0) is 0 Å². The lowest BCUT2D eigenvalue weighted by molar-refractivity contribution is -0.385. The fourth-order valence-corrected chi connectivity index (χ4v) is 3.22. The van der Waals surface area contributed by atoms with Gasteiger partial charge in [0.2, 0.25) is 5.89 Å². The minimum atomic E-state index is -1.10. The van der Waals surface area contributed by atoms with Gasteiger partial charge >= 0.3 is 5.69 Å². The molecule has 0 radical (unpaired) electrons. The van der Waals surface area contributed by atoms with Gasteiger partial charge in [0.05, 0.1) is 22.6 Å². The Morgan fingerprint density at radius 2 is 1.91 bits per heavy atom. The Morgan fingerprint density at radius 3 is 2.62 bits per heavy atom. The molecule has 0 fully saturated rings. The number of carbonyl (C=O) groups excluding carboxylic acids is 1. The molecule has 32 heavy (non-hydrogen) atoms. The van der Waals surface area contributed by atoms with E-state index in [9.17, 15) is 23.7 Å². The zero-order valence-electron chi connectivity index (χ0n) is 16.2. The van der Waals surface area contributed by atoms with Crippen LogP contribution in [0.1, 0.15) is 10.4 Å². The number of aromatic nitrogens is 1. The van der Waals surface area contributed by atoms with Gasteiger partial charge < -0.3 is 14.5 Å². The van der Waals surface area contributed by atoms with Crippen molar-refractivity contribution < 1.29 is 27.7 Å². The van der Waals surface area contributed by atoms with Gasteiger partial charge in [-0.05, 0) is 42.5 Å². The molecule has 0 spiro atoms. The van der Waals surface area contributed by atoms with E-state index in [1.54, 1.807) is 0 Å². The summed E-state index contributed by atoms with van der Waals surface area (Å²) in [5.41, 5.74) is 0.737. The molecule has 0 saturated carbocycles. The quantitative estimate of drug-likeness (QED) is 0.236. The number of methoxy groups -OCH3 is 1. The van der Waals surface area contributed by atoms with Crippen molar-refractivity contribution in [3.05, 3.63) is 80.9 Å². The van der Waals surface area contributed by atoms with Crippen LogP contribution in [0.5, 0.6) is 5.75 Å². The zero-order valence-corrected chi connectivity index (χ0v) is 16.9. The molecule has 0 aliphatic carbocycles. The van der Waals surface area contributed by atoms with E-state index in [1.807, 2.05) is 0 Å². The highest BCUT2D eigenvalue weighted by atomic mass is 35.5.